The molecule has 1 aromatic carbocycles. The van der Waals surface area contributed by atoms with Crippen molar-refractivity contribution in [2.45, 2.75) is 18.2 Å². The lowest BCUT2D eigenvalue weighted by Gasteiger charge is -2.13. The lowest BCUT2D eigenvalue weighted by molar-refractivity contribution is 0.566. The molecule has 0 saturated carbocycles. The maximum atomic E-state index is 13.8. The van der Waals surface area contributed by atoms with Gasteiger partial charge in [0.05, 0.1) is 5.02 Å². The molecular formula is C14H11BrClF2N. The van der Waals surface area contributed by atoms with Crippen molar-refractivity contribution in [3.05, 3.63) is 63.9 Å². The first-order chi connectivity index (χ1) is 8.99. The van der Waals surface area contributed by atoms with Crippen LogP contribution in [0.25, 0.3) is 0 Å². The number of nitrogens with zero attached hydrogens (tertiary/aromatic N) is 1. The molecule has 0 amide bonds. The molecule has 5 heteroatoms. The SMILES string of the molecule is Cc1cc(C(Br)Cc2ccncc2Cl)c(F)cc1F. The molecule has 0 aliphatic rings. The summed E-state index contributed by atoms with van der Waals surface area (Å²) in [5.41, 5.74) is 1.70. The Hall–Kier alpha value is -1.00. The summed E-state index contributed by atoms with van der Waals surface area (Å²) in [7, 11) is 0. The number of halogens is 4. The summed E-state index contributed by atoms with van der Waals surface area (Å²) >= 11 is 9.44. The minimum Gasteiger partial charge on any atom is -0.263 e. The number of hydrogen-bond acceptors (Lipinski definition) is 1. The van der Waals surface area contributed by atoms with Crippen LogP contribution in [0.3, 0.4) is 0 Å². The summed E-state index contributed by atoms with van der Waals surface area (Å²) in [4.78, 5) is 3.63. The Morgan fingerprint density at radius 3 is 2.74 bits per heavy atom. The largest absolute Gasteiger partial charge is 0.263 e. The van der Waals surface area contributed by atoms with Gasteiger partial charge in [-0.3, -0.25) is 4.98 Å². The van der Waals surface area contributed by atoms with Crippen molar-refractivity contribution in [3.8, 4) is 0 Å². The Morgan fingerprint density at radius 1 is 1.32 bits per heavy atom. The molecular weight excluding hydrogens is 336 g/mol. The second-order valence-corrected chi connectivity index (χ2v) is 5.77. The van der Waals surface area contributed by atoms with Gasteiger partial charge >= 0.3 is 0 Å². The molecule has 0 saturated heterocycles. The zero-order valence-corrected chi connectivity index (χ0v) is 12.5. The standard InChI is InChI=1S/C14H11BrClF2N/c1-8-4-10(14(18)6-13(8)17)11(15)5-9-2-3-19-7-12(9)16/h2-4,6-7,11H,5H2,1H3. The molecule has 0 bridgehead atoms. The number of rotatable bonds is 3. The number of benzene rings is 1. The predicted octanol–water partition coefficient (Wildman–Crippen LogP) is 5.00. The number of alkyl halides is 1. The van der Waals surface area contributed by atoms with Crippen molar-refractivity contribution in [2.24, 2.45) is 0 Å². The number of hydrogen-bond donors (Lipinski definition) is 0. The van der Waals surface area contributed by atoms with Crippen molar-refractivity contribution < 1.29 is 8.78 Å². The topological polar surface area (TPSA) is 12.9 Å². The number of aryl methyl sites for hydroxylation is 1. The molecule has 2 aromatic rings. The Labute approximate surface area is 123 Å². The molecule has 1 nitrogen and oxygen atoms in total. The van der Waals surface area contributed by atoms with Crippen LogP contribution in [0.15, 0.2) is 30.6 Å². The van der Waals surface area contributed by atoms with Crippen LogP contribution < -0.4 is 0 Å². The lowest BCUT2D eigenvalue weighted by atomic mass is 10.0. The van der Waals surface area contributed by atoms with Crippen LogP contribution >= 0.6 is 27.5 Å². The maximum Gasteiger partial charge on any atom is 0.130 e. The number of pyridine rings is 1. The van der Waals surface area contributed by atoms with E-state index in [0.29, 0.717) is 22.6 Å². The fraction of sp³-hybridized carbons (Fsp3) is 0.214. The van der Waals surface area contributed by atoms with Crippen LogP contribution in [-0.2, 0) is 6.42 Å². The first-order valence-electron chi connectivity index (χ1n) is 5.67. The maximum absolute atomic E-state index is 13.8. The first kappa shape index (κ1) is 14.4. The molecule has 100 valence electrons. The van der Waals surface area contributed by atoms with Crippen molar-refractivity contribution in [3.63, 3.8) is 0 Å². The first-order valence-corrected chi connectivity index (χ1v) is 6.96. The van der Waals surface area contributed by atoms with Gasteiger partial charge in [0.15, 0.2) is 0 Å². The molecule has 0 spiro atoms. The molecule has 0 fully saturated rings. The van der Waals surface area contributed by atoms with Crippen molar-refractivity contribution in [1.29, 1.82) is 0 Å². The fourth-order valence-electron chi connectivity index (χ4n) is 1.79. The highest BCUT2D eigenvalue weighted by Gasteiger charge is 2.16. The van der Waals surface area contributed by atoms with E-state index in [2.05, 4.69) is 20.9 Å². The van der Waals surface area contributed by atoms with Gasteiger partial charge in [0, 0.05) is 28.9 Å². The van der Waals surface area contributed by atoms with Crippen molar-refractivity contribution in [2.75, 3.05) is 0 Å². The third-order valence-electron chi connectivity index (χ3n) is 2.87. The lowest BCUT2D eigenvalue weighted by Crippen LogP contribution is -2.01. The van der Waals surface area contributed by atoms with E-state index in [1.165, 1.54) is 6.07 Å². The van der Waals surface area contributed by atoms with Gasteiger partial charge in [-0.25, -0.2) is 8.78 Å². The molecule has 1 unspecified atom stereocenters. The number of aromatic nitrogens is 1. The molecule has 1 aromatic heterocycles. The highest BCUT2D eigenvalue weighted by molar-refractivity contribution is 9.09. The average molecular weight is 347 g/mol. The molecule has 1 atom stereocenters. The van der Waals surface area contributed by atoms with Crippen LogP contribution in [0.1, 0.15) is 21.5 Å². The van der Waals surface area contributed by atoms with Gasteiger partial charge in [-0.2, -0.15) is 0 Å². The van der Waals surface area contributed by atoms with Gasteiger partial charge < -0.3 is 0 Å². The van der Waals surface area contributed by atoms with E-state index < -0.39 is 11.6 Å². The monoisotopic (exact) mass is 345 g/mol. The van der Waals surface area contributed by atoms with Crippen LogP contribution in [0, 0.1) is 18.6 Å². The molecule has 2 rings (SSSR count). The van der Waals surface area contributed by atoms with E-state index in [1.807, 2.05) is 0 Å². The minimum atomic E-state index is -0.560. The zero-order valence-electron chi connectivity index (χ0n) is 10.1. The quantitative estimate of drug-likeness (QED) is 0.713. The van der Waals surface area contributed by atoms with Crippen LogP contribution in [0.2, 0.25) is 5.02 Å². The van der Waals surface area contributed by atoms with Gasteiger partial charge in [0.25, 0.3) is 0 Å². The second-order valence-electron chi connectivity index (χ2n) is 4.26. The van der Waals surface area contributed by atoms with E-state index in [-0.39, 0.29) is 4.83 Å². The van der Waals surface area contributed by atoms with Crippen LogP contribution in [0.4, 0.5) is 8.78 Å². The molecule has 1 heterocycles. The summed E-state index contributed by atoms with van der Waals surface area (Å²) in [5.74, 6) is -1.10. The molecule has 19 heavy (non-hydrogen) atoms. The summed E-state index contributed by atoms with van der Waals surface area (Å²) in [6, 6.07) is 4.21. The van der Waals surface area contributed by atoms with Gasteiger partial charge in [-0.1, -0.05) is 27.5 Å². The van der Waals surface area contributed by atoms with Crippen LogP contribution in [-0.4, -0.2) is 4.98 Å². The molecule has 0 aliphatic carbocycles. The smallest absolute Gasteiger partial charge is 0.130 e. The summed E-state index contributed by atoms with van der Waals surface area (Å²) in [5, 5.41) is 0.534. The third-order valence-corrected chi connectivity index (χ3v) is 4.03. The molecule has 0 radical (unpaired) electrons. The van der Waals surface area contributed by atoms with E-state index in [4.69, 9.17) is 11.6 Å². The molecule has 0 N–H and O–H groups in total. The van der Waals surface area contributed by atoms with Gasteiger partial charge in [-0.15, -0.1) is 0 Å². The highest BCUT2D eigenvalue weighted by atomic mass is 79.9. The minimum absolute atomic E-state index is 0.272. The Balaban J connectivity index is 2.28. The Bertz CT molecular complexity index is 604. The Morgan fingerprint density at radius 2 is 2.05 bits per heavy atom. The summed E-state index contributed by atoms with van der Waals surface area (Å²) in [6.07, 6.45) is 3.68. The molecule has 0 aliphatic heterocycles. The van der Waals surface area contributed by atoms with Gasteiger partial charge in [0.1, 0.15) is 11.6 Å². The van der Waals surface area contributed by atoms with Crippen molar-refractivity contribution in [1.82, 2.24) is 4.98 Å². The predicted molar refractivity (Wildman–Crippen MR) is 75.7 cm³/mol. The van der Waals surface area contributed by atoms with E-state index >= 15 is 0 Å². The van der Waals surface area contributed by atoms with Gasteiger partial charge in [0.2, 0.25) is 0 Å². The average Bonchev–Trinajstić information content (AvgIpc) is 2.36. The van der Waals surface area contributed by atoms with Crippen molar-refractivity contribution >= 4 is 27.5 Å². The van der Waals surface area contributed by atoms with Crippen LogP contribution in [0.5, 0.6) is 0 Å². The van der Waals surface area contributed by atoms with E-state index in [1.54, 1.807) is 25.4 Å². The van der Waals surface area contributed by atoms with Gasteiger partial charge in [-0.05, 0) is 36.6 Å². The normalized spacial score (nSPS) is 12.5. The summed E-state index contributed by atoms with van der Waals surface area (Å²) in [6.45, 7) is 1.61. The fourth-order valence-corrected chi connectivity index (χ4v) is 2.69. The highest BCUT2D eigenvalue weighted by Crippen LogP contribution is 2.32. The van der Waals surface area contributed by atoms with E-state index in [9.17, 15) is 8.78 Å². The third kappa shape index (κ3) is 3.31. The van der Waals surface area contributed by atoms with E-state index in [0.717, 1.165) is 11.6 Å². The second kappa shape index (κ2) is 5.97. The zero-order chi connectivity index (χ0) is 14.0. The summed E-state index contributed by atoms with van der Waals surface area (Å²) < 4.78 is 27.0. The Kier molecular flexibility index (Phi) is 4.53.